The van der Waals surface area contributed by atoms with Gasteiger partial charge in [-0.15, -0.1) is 4.91 Å². The van der Waals surface area contributed by atoms with Gasteiger partial charge in [0.05, 0.1) is 0 Å². The van der Waals surface area contributed by atoms with E-state index in [0.29, 0.717) is 29.5 Å². The highest BCUT2D eigenvalue weighted by atomic mass is 16.3. The van der Waals surface area contributed by atoms with Crippen molar-refractivity contribution in [2.45, 2.75) is 64.8 Å². The highest BCUT2D eigenvalue weighted by molar-refractivity contribution is 5.94. The van der Waals surface area contributed by atoms with Gasteiger partial charge in [0.25, 0.3) is 0 Å². The molecule has 4 rings (SSSR count). The Morgan fingerprint density at radius 3 is 2.78 bits per heavy atom. The molecule has 0 aromatic heterocycles. The SMILES string of the molecule is C[C@@]12CCC[C@H]1[C@@H]1CCC3NCC(C(=O)N=O)=C[C@]3(C)[C@@H]1CC2. The molecule has 4 nitrogen and oxygen atoms in total. The lowest BCUT2D eigenvalue weighted by atomic mass is 9.48. The minimum absolute atomic E-state index is 0.000764. The fraction of sp³-hybridized carbons (Fsp3) is 0.842. The summed E-state index contributed by atoms with van der Waals surface area (Å²) in [4.78, 5) is 22.5. The third-order valence-corrected chi connectivity index (χ3v) is 7.94. The average Bonchev–Trinajstić information content (AvgIpc) is 2.94. The van der Waals surface area contributed by atoms with Gasteiger partial charge in [0, 0.05) is 28.8 Å². The highest BCUT2D eigenvalue weighted by Crippen LogP contribution is 2.63. The van der Waals surface area contributed by atoms with Crippen molar-refractivity contribution < 1.29 is 4.79 Å². The first-order valence-corrected chi connectivity index (χ1v) is 9.31. The smallest absolute Gasteiger partial charge is 0.309 e. The zero-order valence-corrected chi connectivity index (χ0v) is 14.3. The van der Waals surface area contributed by atoms with Crippen molar-refractivity contribution in [1.82, 2.24) is 5.32 Å². The minimum atomic E-state index is -0.583. The largest absolute Gasteiger partial charge is 0.313 e. The molecule has 1 heterocycles. The molecular formula is C19H28N2O2. The van der Waals surface area contributed by atoms with Crippen molar-refractivity contribution in [2.75, 3.05) is 6.54 Å². The Morgan fingerprint density at radius 1 is 1.17 bits per heavy atom. The molecule has 6 atom stereocenters. The first kappa shape index (κ1) is 15.5. The Balaban J connectivity index is 1.69. The van der Waals surface area contributed by atoms with Crippen LogP contribution in [-0.2, 0) is 4.79 Å². The lowest BCUT2D eigenvalue weighted by Gasteiger charge is -2.58. The van der Waals surface area contributed by atoms with E-state index in [1.54, 1.807) is 0 Å². The molecule has 3 aliphatic carbocycles. The van der Waals surface area contributed by atoms with Crippen molar-refractivity contribution in [3.8, 4) is 0 Å². The molecule has 0 bridgehead atoms. The molecule has 0 spiro atoms. The summed E-state index contributed by atoms with van der Waals surface area (Å²) in [6, 6.07) is 0.442. The molecule has 1 N–H and O–H groups in total. The maximum Gasteiger partial charge on any atom is 0.313 e. The zero-order valence-electron chi connectivity index (χ0n) is 14.3. The normalized spacial score (nSPS) is 48.7. The van der Waals surface area contributed by atoms with E-state index in [1.165, 1.54) is 44.9 Å². The third-order valence-electron chi connectivity index (χ3n) is 7.94. The van der Waals surface area contributed by atoms with E-state index in [9.17, 15) is 9.70 Å². The van der Waals surface area contributed by atoms with E-state index in [-0.39, 0.29) is 5.41 Å². The molecule has 4 heteroatoms. The van der Waals surface area contributed by atoms with Crippen LogP contribution >= 0.6 is 0 Å². The van der Waals surface area contributed by atoms with Gasteiger partial charge in [0.2, 0.25) is 0 Å². The zero-order chi connectivity index (χ0) is 16.2. The standard InChI is InChI=1S/C19H28N2O2/c1-18-8-3-4-14(18)13-5-6-16-19(2,15(13)7-9-18)10-12(11-20-16)17(22)21-23/h10,13-16,20H,3-9,11H2,1-2H3/t13-,14-,15+,16?,18-,19+/m0/s1. The molecule has 23 heavy (non-hydrogen) atoms. The van der Waals surface area contributed by atoms with Crippen LogP contribution in [0.5, 0.6) is 0 Å². The molecule has 3 saturated carbocycles. The maximum absolute atomic E-state index is 11.8. The molecule has 4 aliphatic rings. The van der Waals surface area contributed by atoms with Gasteiger partial charge in [-0.05, 0) is 61.7 Å². The van der Waals surface area contributed by atoms with Crippen LogP contribution in [0, 0.1) is 33.5 Å². The van der Waals surface area contributed by atoms with Crippen molar-refractivity contribution in [1.29, 1.82) is 0 Å². The molecule has 0 aromatic carbocycles. The minimum Gasteiger partial charge on any atom is -0.309 e. The van der Waals surface area contributed by atoms with Crippen LogP contribution in [0.1, 0.15) is 58.8 Å². The van der Waals surface area contributed by atoms with Gasteiger partial charge in [-0.1, -0.05) is 26.3 Å². The Hall–Kier alpha value is -1.03. The number of nitrogens with zero attached hydrogens (tertiary/aromatic N) is 1. The summed E-state index contributed by atoms with van der Waals surface area (Å²) in [5.74, 6) is 1.70. The van der Waals surface area contributed by atoms with Gasteiger partial charge in [0.1, 0.15) is 0 Å². The second kappa shape index (κ2) is 5.23. The van der Waals surface area contributed by atoms with Gasteiger partial charge in [-0.2, -0.15) is 0 Å². The summed E-state index contributed by atoms with van der Waals surface area (Å²) < 4.78 is 0. The number of carbonyl (C=O) groups excluding carboxylic acids is 1. The Morgan fingerprint density at radius 2 is 2.00 bits per heavy atom. The van der Waals surface area contributed by atoms with E-state index < -0.39 is 5.91 Å². The van der Waals surface area contributed by atoms with Crippen LogP contribution < -0.4 is 5.32 Å². The second-order valence-corrected chi connectivity index (χ2v) is 8.90. The number of carbonyl (C=O) groups is 1. The average molecular weight is 316 g/mol. The topological polar surface area (TPSA) is 58.5 Å². The first-order valence-electron chi connectivity index (χ1n) is 9.31. The van der Waals surface area contributed by atoms with E-state index >= 15 is 0 Å². The summed E-state index contributed by atoms with van der Waals surface area (Å²) >= 11 is 0. The quantitative estimate of drug-likeness (QED) is 0.748. The lowest BCUT2D eigenvalue weighted by molar-refractivity contribution is -0.115. The predicted molar refractivity (Wildman–Crippen MR) is 89.7 cm³/mol. The van der Waals surface area contributed by atoms with E-state index in [1.807, 2.05) is 0 Å². The van der Waals surface area contributed by atoms with Gasteiger partial charge >= 0.3 is 5.91 Å². The van der Waals surface area contributed by atoms with Crippen LogP contribution in [0.4, 0.5) is 0 Å². The fourth-order valence-corrected chi connectivity index (χ4v) is 6.77. The molecule has 0 saturated heterocycles. The molecule has 0 radical (unpaired) electrons. The fourth-order valence-electron chi connectivity index (χ4n) is 6.77. The van der Waals surface area contributed by atoms with Crippen molar-refractivity contribution in [2.24, 2.45) is 33.8 Å². The van der Waals surface area contributed by atoms with Gasteiger partial charge in [0.15, 0.2) is 0 Å². The molecule has 3 fully saturated rings. The van der Waals surface area contributed by atoms with Gasteiger partial charge in [-0.3, -0.25) is 4.79 Å². The second-order valence-electron chi connectivity index (χ2n) is 8.90. The predicted octanol–water partition coefficient (Wildman–Crippen LogP) is 3.81. The molecule has 0 aromatic rings. The number of nitroso groups, excluding NO2 is 1. The van der Waals surface area contributed by atoms with Crippen LogP contribution in [-0.4, -0.2) is 18.5 Å². The Bertz CT molecular complexity index is 572. The molecule has 1 amide bonds. The van der Waals surface area contributed by atoms with Crippen molar-refractivity contribution in [3.05, 3.63) is 16.6 Å². The van der Waals surface area contributed by atoms with Crippen molar-refractivity contribution >= 4 is 5.91 Å². The summed E-state index contributed by atoms with van der Waals surface area (Å²) in [7, 11) is 0. The Labute approximate surface area is 138 Å². The van der Waals surface area contributed by atoms with Crippen LogP contribution in [0.3, 0.4) is 0 Å². The number of nitrogens with one attached hydrogen (secondary N) is 1. The molecule has 1 unspecified atom stereocenters. The monoisotopic (exact) mass is 316 g/mol. The van der Waals surface area contributed by atoms with Crippen molar-refractivity contribution in [3.63, 3.8) is 0 Å². The highest BCUT2D eigenvalue weighted by Gasteiger charge is 2.57. The van der Waals surface area contributed by atoms with Gasteiger partial charge in [-0.25, -0.2) is 0 Å². The van der Waals surface area contributed by atoms with E-state index in [0.717, 1.165) is 11.8 Å². The first-order chi connectivity index (χ1) is 11.0. The summed E-state index contributed by atoms with van der Waals surface area (Å²) in [5.41, 5.74) is 1.14. The van der Waals surface area contributed by atoms with Gasteiger partial charge < -0.3 is 5.32 Å². The van der Waals surface area contributed by atoms with E-state index in [4.69, 9.17) is 0 Å². The molecule has 126 valence electrons. The number of hydrogen-bond donors (Lipinski definition) is 1. The number of amides is 1. The number of rotatable bonds is 1. The van der Waals surface area contributed by atoms with Crippen LogP contribution in [0.2, 0.25) is 0 Å². The number of fused-ring (bicyclic) bond motifs is 5. The summed E-state index contributed by atoms with van der Waals surface area (Å²) in [6.07, 6.45) is 11.4. The lowest BCUT2D eigenvalue weighted by Crippen LogP contribution is -2.58. The van der Waals surface area contributed by atoms with E-state index in [2.05, 4.69) is 30.4 Å². The molecular weight excluding hydrogens is 288 g/mol. The third kappa shape index (κ3) is 2.17. The van der Waals surface area contributed by atoms with Crippen LogP contribution in [0.15, 0.2) is 16.8 Å². The molecule has 1 aliphatic heterocycles. The summed E-state index contributed by atoms with van der Waals surface area (Å²) in [5, 5.41) is 6.19. The van der Waals surface area contributed by atoms with Crippen LogP contribution in [0.25, 0.3) is 0 Å². The number of hydrogen-bond acceptors (Lipinski definition) is 3. The Kier molecular flexibility index (Phi) is 3.53. The summed E-state index contributed by atoms with van der Waals surface area (Å²) in [6.45, 7) is 5.33. The maximum atomic E-state index is 11.8.